The van der Waals surface area contributed by atoms with Crippen LogP contribution in [0.1, 0.15) is 24.8 Å². The third-order valence-electron chi connectivity index (χ3n) is 3.62. The number of nitrogens with zero attached hydrogens (tertiary/aromatic N) is 1. The molecule has 0 aromatic heterocycles. The fraction of sp³-hybridized carbons (Fsp3) is 0.500. The van der Waals surface area contributed by atoms with E-state index in [4.69, 9.17) is 5.73 Å². The Bertz CT molecular complexity index is 644. The molecule has 0 atom stereocenters. The lowest BCUT2D eigenvalue weighted by Crippen LogP contribution is -2.54. The van der Waals surface area contributed by atoms with Gasteiger partial charge in [0.2, 0.25) is 10.0 Å². The number of nitro benzene ring substituents is 1. The highest BCUT2D eigenvalue weighted by molar-refractivity contribution is 7.89. The van der Waals surface area contributed by atoms with Gasteiger partial charge in [-0.3, -0.25) is 10.1 Å². The molecular weight excluding hydrogens is 318 g/mol. The van der Waals surface area contributed by atoms with Crippen LogP contribution in [0.5, 0.6) is 0 Å². The van der Waals surface area contributed by atoms with E-state index in [1.54, 1.807) is 0 Å². The Morgan fingerprint density at radius 1 is 1.43 bits per heavy atom. The van der Waals surface area contributed by atoms with Crippen molar-refractivity contribution in [2.75, 3.05) is 6.54 Å². The van der Waals surface area contributed by atoms with Crippen LogP contribution in [0.15, 0.2) is 23.1 Å². The summed E-state index contributed by atoms with van der Waals surface area (Å²) in [6, 6.07) is 3.68. The average Bonchev–Trinajstić information content (AvgIpc) is 2.33. The van der Waals surface area contributed by atoms with Gasteiger partial charge in [-0.25, -0.2) is 13.1 Å². The van der Waals surface area contributed by atoms with Crippen LogP contribution in [0.4, 0.5) is 5.69 Å². The Balaban J connectivity index is 0.00000220. The van der Waals surface area contributed by atoms with Crippen molar-refractivity contribution in [2.24, 2.45) is 5.73 Å². The topological polar surface area (TPSA) is 115 Å². The second-order valence-corrected chi connectivity index (χ2v) is 6.98. The van der Waals surface area contributed by atoms with E-state index >= 15 is 0 Å². The quantitative estimate of drug-likeness (QED) is 0.624. The number of nitrogens with two attached hydrogens (primary N) is 1. The van der Waals surface area contributed by atoms with E-state index in [9.17, 15) is 18.5 Å². The van der Waals surface area contributed by atoms with Crippen LogP contribution >= 0.6 is 12.4 Å². The van der Waals surface area contributed by atoms with Crippen molar-refractivity contribution in [1.82, 2.24) is 4.72 Å². The number of hydrogen-bond acceptors (Lipinski definition) is 5. The molecule has 1 aliphatic rings. The van der Waals surface area contributed by atoms with Gasteiger partial charge in [-0.1, -0.05) is 0 Å². The van der Waals surface area contributed by atoms with E-state index in [1.165, 1.54) is 25.1 Å². The fourth-order valence-corrected chi connectivity index (χ4v) is 3.54. The first-order chi connectivity index (χ1) is 9.23. The van der Waals surface area contributed by atoms with Gasteiger partial charge in [0.25, 0.3) is 5.69 Å². The third kappa shape index (κ3) is 3.91. The molecule has 0 bridgehead atoms. The van der Waals surface area contributed by atoms with E-state index in [1.807, 2.05) is 0 Å². The number of sulfonamides is 1. The molecular formula is C12H18ClN3O4S. The molecule has 1 aromatic rings. The first-order valence-corrected chi connectivity index (χ1v) is 7.75. The zero-order valence-electron chi connectivity index (χ0n) is 11.5. The molecule has 1 saturated carbocycles. The molecule has 0 unspecified atom stereocenters. The monoisotopic (exact) mass is 335 g/mol. The van der Waals surface area contributed by atoms with Gasteiger partial charge in [-0.15, -0.1) is 12.4 Å². The lowest BCUT2D eigenvalue weighted by atomic mass is 9.78. The molecule has 0 saturated heterocycles. The smallest absolute Gasteiger partial charge is 0.269 e. The van der Waals surface area contributed by atoms with Crippen molar-refractivity contribution in [3.8, 4) is 0 Å². The Morgan fingerprint density at radius 3 is 2.48 bits per heavy atom. The average molecular weight is 336 g/mol. The number of nitrogens with one attached hydrogen (secondary N) is 1. The fourth-order valence-electron chi connectivity index (χ4n) is 2.17. The Hall–Kier alpha value is -1.22. The predicted molar refractivity (Wildman–Crippen MR) is 81.0 cm³/mol. The van der Waals surface area contributed by atoms with Crippen molar-refractivity contribution in [1.29, 1.82) is 0 Å². The molecule has 118 valence electrons. The summed E-state index contributed by atoms with van der Waals surface area (Å²) in [6.07, 6.45) is 2.61. The minimum atomic E-state index is -3.70. The highest BCUT2D eigenvalue weighted by atomic mass is 35.5. The van der Waals surface area contributed by atoms with Crippen LogP contribution in [-0.4, -0.2) is 25.4 Å². The van der Waals surface area contributed by atoms with E-state index < -0.39 is 20.5 Å². The van der Waals surface area contributed by atoms with E-state index in [0.29, 0.717) is 5.56 Å². The summed E-state index contributed by atoms with van der Waals surface area (Å²) in [5.41, 5.74) is 5.73. The van der Waals surface area contributed by atoms with Crippen molar-refractivity contribution in [3.05, 3.63) is 33.9 Å². The van der Waals surface area contributed by atoms with Gasteiger partial charge >= 0.3 is 0 Å². The van der Waals surface area contributed by atoms with E-state index in [2.05, 4.69) is 4.72 Å². The summed E-state index contributed by atoms with van der Waals surface area (Å²) in [7, 11) is -3.70. The van der Waals surface area contributed by atoms with Crippen LogP contribution < -0.4 is 10.5 Å². The largest absolute Gasteiger partial charge is 0.324 e. The normalized spacial score (nSPS) is 16.7. The molecule has 21 heavy (non-hydrogen) atoms. The van der Waals surface area contributed by atoms with Crippen LogP contribution in [-0.2, 0) is 10.0 Å². The molecule has 0 radical (unpaired) electrons. The molecule has 0 aliphatic heterocycles. The minimum Gasteiger partial charge on any atom is -0.324 e. The summed E-state index contributed by atoms with van der Waals surface area (Å²) >= 11 is 0. The standard InChI is InChI=1S/C12H17N3O4S.ClH/c1-9-7-10(15(16)17)3-4-11(9)20(18,19)14-8-12(13)5-2-6-12;/h3-4,7,14H,2,5-6,8,13H2,1H3;1H. The maximum atomic E-state index is 12.2. The van der Waals surface area contributed by atoms with Crippen molar-refractivity contribution < 1.29 is 13.3 Å². The Morgan fingerprint density at radius 2 is 2.05 bits per heavy atom. The van der Waals surface area contributed by atoms with Gasteiger partial charge in [0.05, 0.1) is 9.82 Å². The first kappa shape index (κ1) is 17.8. The van der Waals surface area contributed by atoms with Crippen molar-refractivity contribution in [2.45, 2.75) is 36.6 Å². The maximum absolute atomic E-state index is 12.2. The summed E-state index contributed by atoms with van der Waals surface area (Å²) < 4.78 is 26.9. The number of non-ortho nitro benzene ring substituents is 1. The molecule has 0 amide bonds. The van der Waals surface area contributed by atoms with Crippen LogP contribution in [0.3, 0.4) is 0 Å². The summed E-state index contributed by atoms with van der Waals surface area (Å²) in [5, 5.41) is 10.6. The number of aryl methyl sites for hydroxylation is 1. The number of hydrogen-bond donors (Lipinski definition) is 2. The van der Waals surface area contributed by atoms with Crippen molar-refractivity contribution >= 4 is 28.1 Å². The predicted octanol–water partition coefficient (Wildman–Crippen LogP) is 1.48. The van der Waals surface area contributed by atoms with E-state index in [-0.39, 0.29) is 29.5 Å². The van der Waals surface area contributed by atoms with Crippen LogP contribution in [0.2, 0.25) is 0 Å². The third-order valence-corrected chi connectivity index (χ3v) is 5.18. The van der Waals surface area contributed by atoms with Gasteiger partial charge in [0.15, 0.2) is 0 Å². The second kappa shape index (κ2) is 6.27. The summed E-state index contributed by atoms with van der Waals surface area (Å²) in [5.74, 6) is 0. The molecule has 1 aromatic carbocycles. The Kier molecular flexibility index (Phi) is 5.32. The molecule has 0 heterocycles. The zero-order chi connectivity index (χ0) is 15.0. The highest BCUT2D eigenvalue weighted by Gasteiger charge is 2.34. The van der Waals surface area contributed by atoms with Gasteiger partial charge in [-0.2, -0.15) is 0 Å². The van der Waals surface area contributed by atoms with E-state index in [0.717, 1.165) is 19.3 Å². The lowest BCUT2D eigenvalue weighted by molar-refractivity contribution is -0.385. The molecule has 1 fully saturated rings. The molecule has 1 aliphatic carbocycles. The molecule has 2 rings (SSSR count). The molecule has 3 N–H and O–H groups in total. The summed E-state index contributed by atoms with van der Waals surface area (Å²) in [6.45, 7) is 1.72. The number of halogens is 1. The van der Waals surface area contributed by atoms with Crippen LogP contribution in [0.25, 0.3) is 0 Å². The molecule has 0 spiro atoms. The number of rotatable bonds is 5. The van der Waals surface area contributed by atoms with Gasteiger partial charge in [-0.05, 0) is 37.8 Å². The molecule has 9 heteroatoms. The zero-order valence-corrected chi connectivity index (χ0v) is 13.2. The number of benzene rings is 1. The summed E-state index contributed by atoms with van der Waals surface area (Å²) in [4.78, 5) is 10.1. The maximum Gasteiger partial charge on any atom is 0.269 e. The first-order valence-electron chi connectivity index (χ1n) is 6.27. The SMILES string of the molecule is Cc1cc([N+](=O)[O-])ccc1S(=O)(=O)NCC1(N)CCC1.Cl. The highest BCUT2D eigenvalue weighted by Crippen LogP contribution is 2.29. The second-order valence-electron chi connectivity index (χ2n) is 5.25. The van der Waals surface area contributed by atoms with Crippen molar-refractivity contribution in [3.63, 3.8) is 0 Å². The Labute approximate surface area is 129 Å². The molecule has 7 nitrogen and oxygen atoms in total. The minimum absolute atomic E-state index is 0. The number of nitro groups is 1. The van der Waals surface area contributed by atoms with Gasteiger partial charge in [0.1, 0.15) is 0 Å². The van der Waals surface area contributed by atoms with Gasteiger partial charge < -0.3 is 5.73 Å². The van der Waals surface area contributed by atoms with Gasteiger partial charge in [0, 0.05) is 24.2 Å². The van der Waals surface area contributed by atoms with Crippen LogP contribution in [0, 0.1) is 17.0 Å². The lowest BCUT2D eigenvalue weighted by Gasteiger charge is -2.38.